The monoisotopic (exact) mass is 476 g/mol. The number of nitrogens with one attached hydrogen (secondary N) is 1. The summed E-state index contributed by atoms with van der Waals surface area (Å²) in [7, 11) is -6.96. The summed E-state index contributed by atoms with van der Waals surface area (Å²) < 4.78 is 52.3. The SMILES string of the molecule is CCN(CC)CCNC(=O)c1cccc(S(=O)(=O)N=c2sc(S(N)(=O)=O)nn2C)c1. The van der Waals surface area contributed by atoms with Gasteiger partial charge in [0.25, 0.3) is 26.0 Å². The lowest BCUT2D eigenvalue weighted by atomic mass is 10.2. The Morgan fingerprint density at radius 3 is 2.50 bits per heavy atom. The van der Waals surface area contributed by atoms with Crippen LogP contribution in [0.4, 0.5) is 0 Å². The van der Waals surface area contributed by atoms with E-state index < -0.39 is 30.3 Å². The van der Waals surface area contributed by atoms with Gasteiger partial charge in [0.1, 0.15) is 0 Å². The lowest BCUT2D eigenvalue weighted by Crippen LogP contribution is -2.34. The van der Waals surface area contributed by atoms with E-state index in [1.807, 2.05) is 13.8 Å². The molecule has 0 atom stereocenters. The highest BCUT2D eigenvalue weighted by Crippen LogP contribution is 2.15. The van der Waals surface area contributed by atoms with E-state index in [-0.39, 0.29) is 15.3 Å². The second kappa shape index (κ2) is 9.78. The molecule has 0 bridgehead atoms. The zero-order chi connectivity index (χ0) is 22.5. The van der Waals surface area contributed by atoms with Crippen molar-refractivity contribution in [2.75, 3.05) is 26.2 Å². The minimum atomic E-state index is -4.22. The molecule has 0 saturated heterocycles. The lowest BCUT2D eigenvalue weighted by Gasteiger charge is -2.17. The quantitative estimate of drug-likeness (QED) is 0.493. The summed E-state index contributed by atoms with van der Waals surface area (Å²) in [5.74, 6) is -0.404. The Kier molecular flexibility index (Phi) is 7.87. The molecular formula is C16H24N6O5S3. The van der Waals surface area contributed by atoms with E-state index in [9.17, 15) is 21.6 Å². The van der Waals surface area contributed by atoms with Crippen LogP contribution in [0.3, 0.4) is 0 Å². The Bertz CT molecular complexity index is 1180. The molecule has 1 aromatic heterocycles. The molecule has 2 rings (SSSR count). The van der Waals surface area contributed by atoms with Gasteiger partial charge >= 0.3 is 0 Å². The number of primary sulfonamides is 1. The highest BCUT2D eigenvalue weighted by molar-refractivity contribution is 7.91. The van der Waals surface area contributed by atoms with Gasteiger partial charge in [0.05, 0.1) is 4.90 Å². The summed E-state index contributed by atoms with van der Waals surface area (Å²) in [4.78, 5) is 14.1. The summed E-state index contributed by atoms with van der Waals surface area (Å²) in [5, 5.41) is 11.4. The normalized spacial score (nSPS) is 13.0. The summed E-state index contributed by atoms with van der Waals surface area (Å²) in [6.45, 7) is 6.89. The van der Waals surface area contributed by atoms with E-state index in [0.717, 1.165) is 17.8 Å². The van der Waals surface area contributed by atoms with E-state index in [2.05, 4.69) is 19.7 Å². The first-order valence-corrected chi connectivity index (χ1v) is 12.8. The van der Waals surface area contributed by atoms with Crippen LogP contribution in [0.15, 0.2) is 37.9 Å². The first-order chi connectivity index (χ1) is 14.0. The van der Waals surface area contributed by atoms with Crippen LogP contribution in [-0.4, -0.2) is 63.6 Å². The number of carbonyl (C=O) groups excluding carboxylic acids is 1. The van der Waals surface area contributed by atoms with Crippen molar-refractivity contribution < 1.29 is 21.6 Å². The first-order valence-electron chi connectivity index (χ1n) is 8.96. The van der Waals surface area contributed by atoms with E-state index in [4.69, 9.17) is 5.14 Å². The second-order valence-corrected chi connectivity index (χ2v) is 10.5. The summed E-state index contributed by atoms with van der Waals surface area (Å²) in [5.41, 5.74) is 0.171. The third kappa shape index (κ3) is 6.18. The zero-order valence-corrected chi connectivity index (χ0v) is 19.2. The number of carbonyl (C=O) groups is 1. The molecule has 3 N–H and O–H groups in total. The summed E-state index contributed by atoms with van der Waals surface area (Å²) in [6.07, 6.45) is 0. The molecule has 14 heteroatoms. The van der Waals surface area contributed by atoms with Crippen LogP contribution in [0.2, 0.25) is 0 Å². The van der Waals surface area contributed by atoms with Crippen LogP contribution in [0.1, 0.15) is 24.2 Å². The molecule has 0 radical (unpaired) electrons. The van der Waals surface area contributed by atoms with Crippen molar-refractivity contribution in [1.82, 2.24) is 20.0 Å². The maximum absolute atomic E-state index is 12.6. The van der Waals surface area contributed by atoms with Crippen molar-refractivity contribution in [3.8, 4) is 0 Å². The number of sulfonamides is 2. The van der Waals surface area contributed by atoms with Crippen molar-refractivity contribution >= 4 is 37.3 Å². The maximum atomic E-state index is 12.6. The summed E-state index contributed by atoms with van der Waals surface area (Å²) in [6, 6.07) is 5.45. The Hall–Kier alpha value is -2.13. The number of benzene rings is 1. The molecule has 2 aromatic rings. The van der Waals surface area contributed by atoms with E-state index in [1.54, 1.807) is 0 Å². The highest BCUT2D eigenvalue weighted by Gasteiger charge is 2.19. The van der Waals surface area contributed by atoms with E-state index in [0.29, 0.717) is 24.4 Å². The Morgan fingerprint density at radius 1 is 1.27 bits per heavy atom. The molecule has 1 heterocycles. The van der Waals surface area contributed by atoms with Gasteiger partial charge in [0.2, 0.25) is 9.14 Å². The fourth-order valence-corrected chi connectivity index (χ4v) is 5.26. The molecule has 0 spiro atoms. The van der Waals surface area contributed by atoms with Crippen LogP contribution >= 0.6 is 11.3 Å². The van der Waals surface area contributed by atoms with Crippen molar-refractivity contribution in [3.63, 3.8) is 0 Å². The topological polar surface area (TPSA) is 157 Å². The molecule has 0 unspecified atom stereocenters. The van der Waals surface area contributed by atoms with Gasteiger partial charge in [-0.05, 0) is 31.3 Å². The Balaban J connectivity index is 2.26. The predicted octanol–water partition coefficient (Wildman–Crippen LogP) is -0.510. The Morgan fingerprint density at radius 2 is 1.93 bits per heavy atom. The number of likely N-dealkylation sites (N-methyl/N-ethyl adjacent to an activating group) is 1. The lowest BCUT2D eigenvalue weighted by molar-refractivity contribution is 0.0948. The molecule has 166 valence electrons. The molecule has 0 fully saturated rings. The number of hydrogen-bond donors (Lipinski definition) is 2. The van der Waals surface area contributed by atoms with Crippen LogP contribution in [0, 0.1) is 0 Å². The maximum Gasteiger partial charge on any atom is 0.285 e. The second-order valence-electron chi connectivity index (χ2n) is 6.20. The average Bonchev–Trinajstić information content (AvgIpc) is 3.05. The molecule has 0 aliphatic rings. The van der Waals surface area contributed by atoms with Crippen molar-refractivity contribution in [3.05, 3.63) is 34.6 Å². The van der Waals surface area contributed by atoms with E-state index >= 15 is 0 Å². The van der Waals surface area contributed by atoms with Crippen molar-refractivity contribution in [2.45, 2.75) is 23.1 Å². The predicted molar refractivity (Wildman–Crippen MR) is 112 cm³/mol. The van der Waals surface area contributed by atoms with Crippen LogP contribution in [-0.2, 0) is 27.1 Å². The van der Waals surface area contributed by atoms with Crippen molar-refractivity contribution in [2.24, 2.45) is 16.6 Å². The number of nitrogens with two attached hydrogens (primary N) is 1. The number of aryl methyl sites for hydroxylation is 1. The van der Waals surface area contributed by atoms with Gasteiger partial charge in [0, 0.05) is 25.7 Å². The van der Waals surface area contributed by atoms with Gasteiger partial charge in [-0.25, -0.2) is 18.2 Å². The van der Waals surface area contributed by atoms with Crippen LogP contribution in [0.25, 0.3) is 0 Å². The number of aromatic nitrogens is 2. The van der Waals surface area contributed by atoms with Crippen LogP contribution < -0.4 is 15.3 Å². The molecule has 0 aliphatic carbocycles. The third-order valence-electron chi connectivity index (χ3n) is 4.13. The average molecular weight is 477 g/mol. The van der Waals surface area contributed by atoms with Gasteiger partial charge in [-0.2, -0.15) is 8.42 Å². The first kappa shape index (κ1) is 24.1. The Labute approximate surface area is 179 Å². The standard InChI is InChI=1S/C16H24N6O5S3/c1-4-22(5-2)10-9-18-14(23)12-7-6-8-13(11-12)30(26,27)20-15-21(3)19-16(28-15)29(17,24)25/h6-8,11H,4-5,9-10H2,1-3H3,(H,18,23)(H2,17,24,25). The molecule has 0 aliphatic heterocycles. The van der Waals surface area contributed by atoms with Gasteiger partial charge in [-0.3, -0.25) is 4.79 Å². The van der Waals surface area contributed by atoms with Gasteiger partial charge in [-0.15, -0.1) is 9.50 Å². The number of rotatable bonds is 9. The third-order valence-corrected chi connectivity index (χ3v) is 7.82. The molecule has 11 nitrogen and oxygen atoms in total. The van der Waals surface area contributed by atoms with Gasteiger partial charge < -0.3 is 10.2 Å². The van der Waals surface area contributed by atoms with Gasteiger partial charge in [-0.1, -0.05) is 31.3 Å². The minimum absolute atomic E-state index is 0.171. The van der Waals surface area contributed by atoms with Crippen LogP contribution in [0.5, 0.6) is 0 Å². The number of nitrogens with zero attached hydrogens (tertiary/aromatic N) is 4. The number of amides is 1. The molecule has 1 aromatic carbocycles. The van der Waals surface area contributed by atoms with E-state index in [1.165, 1.54) is 31.3 Å². The fraction of sp³-hybridized carbons (Fsp3) is 0.438. The smallest absolute Gasteiger partial charge is 0.285 e. The number of hydrogen-bond acceptors (Lipinski definition) is 8. The summed E-state index contributed by atoms with van der Waals surface area (Å²) >= 11 is 0.526. The molecule has 30 heavy (non-hydrogen) atoms. The molecular weight excluding hydrogens is 452 g/mol. The fourth-order valence-electron chi connectivity index (χ4n) is 2.45. The minimum Gasteiger partial charge on any atom is -0.351 e. The molecule has 1 amide bonds. The largest absolute Gasteiger partial charge is 0.351 e. The zero-order valence-electron chi connectivity index (χ0n) is 16.8. The van der Waals surface area contributed by atoms with Crippen molar-refractivity contribution in [1.29, 1.82) is 0 Å². The highest BCUT2D eigenvalue weighted by atomic mass is 32.2. The molecule has 0 saturated carbocycles. The van der Waals surface area contributed by atoms with Gasteiger partial charge in [0.15, 0.2) is 0 Å².